The molecule has 0 aromatic heterocycles. The van der Waals surface area contributed by atoms with E-state index < -0.39 is 5.97 Å². The van der Waals surface area contributed by atoms with Gasteiger partial charge in [-0.05, 0) is 18.8 Å². The molecule has 19 heavy (non-hydrogen) atoms. The van der Waals surface area contributed by atoms with Gasteiger partial charge in [0.15, 0.2) is 0 Å². The molecule has 1 rings (SSSR count). The molecule has 0 heterocycles. The van der Waals surface area contributed by atoms with Crippen molar-refractivity contribution >= 4 is 18.4 Å². The molecule has 1 fully saturated rings. The van der Waals surface area contributed by atoms with Crippen LogP contribution >= 0.6 is 12.4 Å². The lowest BCUT2D eigenvalue weighted by molar-refractivity contribution is -0.143. The SMILES string of the molecule is Cl.NCC(C(=O)O)C1CCCCCCCCCCC1. The molecule has 0 spiro atoms. The molecule has 3 N–H and O–H groups in total. The lowest BCUT2D eigenvalue weighted by Crippen LogP contribution is -2.31. The van der Waals surface area contributed by atoms with E-state index >= 15 is 0 Å². The Kier molecular flexibility index (Phi) is 11.4. The Hall–Kier alpha value is -0.280. The van der Waals surface area contributed by atoms with Gasteiger partial charge in [0.05, 0.1) is 5.92 Å². The summed E-state index contributed by atoms with van der Waals surface area (Å²) in [5.74, 6) is -0.727. The van der Waals surface area contributed by atoms with E-state index in [0.717, 1.165) is 12.8 Å². The maximum Gasteiger partial charge on any atom is 0.308 e. The topological polar surface area (TPSA) is 63.3 Å². The van der Waals surface area contributed by atoms with E-state index in [1.54, 1.807) is 0 Å². The number of carbonyl (C=O) groups is 1. The largest absolute Gasteiger partial charge is 0.481 e. The van der Waals surface area contributed by atoms with Crippen LogP contribution in [0.15, 0.2) is 0 Å². The van der Waals surface area contributed by atoms with E-state index in [0.29, 0.717) is 12.5 Å². The molecule has 1 saturated carbocycles. The van der Waals surface area contributed by atoms with Gasteiger partial charge in [-0.2, -0.15) is 0 Å². The summed E-state index contributed by atoms with van der Waals surface area (Å²) in [5, 5.41) is 9.23. The molecule has 0 amide bonds. The van der Waals surface area contributed by atoms with Gasteiger partial charge in [0.2, 0.25) is 0 Å². The van der Waals surface area contributed by atoms with Crippen LogP contribution in [0.4, 0.5) is 0 Å². The van der Waals surface area contributed by atoms with Crippen LogP contribution in [0.5, 0.6) is 0 Å². The van der Waals surface area contributed by atoms with Gasteiger partial charge in [-0.15, -0.1) is 12.4 Å². The molecule has 0 bridgehead atoms. The van der Waals surface area contributed by atoms with Crippen LogP contribution in [0.25, 0.3) is 0 Å². The molecule has 0 radical (unpaired) electrons. The van der Waals surface area contributed by atoms with Crippen LogP contribution < -0.4 is 5.73 Å². The number of nitrogens with two attached hydrogens (primary N) is 1. The van der Waals surface area contributed by atoms with E-state index in [4.69, 9.17) is 5.73 Å². The number of rotatable bonds is 3. The van der Waals surface area contributed by atoms with Crippen molar-refractivity contribution in [2.45, 2.75) is 70.6 Å². The molecule has 4 heteroatoms. The second kappa shape index (κ2) is 11.5. The van der Waals surface area contributed by atoms with Crippen molar-refractivity contribution in [2.24, 2.45) is 17.6 Å². The van der Waals surface area contributed by atoms with Crippen molar-refractivity contribution in [3.05, 3.63) is 0 Å². The minimum Gasteiger partial charge on any atom is -0.481 e. The van der Waals surface area contributed by atoms with Crippen molar-refractivity contribution < 1.29 is 9.90 Å². The Morgan fingerprint density at radius 2 is 1.32 bits per heavy atom. The fraction of sp³-hybridized carbons (Fsp3) is 0.933. The highest BCUT2D eigenvalue weighted by molar-refractivity contribution is 5.85. The molecule has 0 aromatic rings. The summed E-state index contributed by atoms with van der Waals surface area (Å²) in [6.45, 7) is 0.292. The third kappa shape index (κ3) is 7.78. The first-order chi connectivity index (χ1) is 8.75. The van der Waals surface area contributed by atoms with Gasteiger partial charge in [0, 0.05) is 6.54 Å². The maximum absolute atomic E-state index is 11.2. The second-order valence-corrected chi connectivity index (χ2v) is 5.70. The van der Waals surface area contributed by atoms with Crippen LogP contribution in [-0.2, 0) is 4.79 Å². The van der Waals surface area contributed by atoms with Crippen LogP contribution in [-0.4, -0.2) is 17.6 Å². The summed E-state index contributed by atoms with van der Waals surface area (Å²) in [6, 6.07) is 0. The number of aliphatic carboxylic acids is 1. The number of hydrogen-bond donors (Lipinski definition) is 2. The van der Waals surface area contributed by atoms with E-state index in [2.05, 4.69) is 0 Å². The van der Waals surface area contributed by atoms with E-state index in [1.807, 2.05) is 0 Å². The van der Waals surface area contributed by atoms with Gasteiger partial charge in [-0.1, -0.05) is 57.8 Å². The van der Waals surface area contributed by atoms with Crippen LogP contribution in [0.1, 0.15) is 70.6 Å². The van der Waals surface area contributed by atoms with Crippen molar-refractivity contribution in [3.63, 3.8) is 0 Å². The average molecular weight is 292 g/mol. The smallest absolute Gasteiger partial charge is 0.308 e. The first-order valence-corrected chi connectivity index (χ1v) is 7.68. The molecule has 1 atom stereocenters. The van der Waals surface area contributed by atoms with Gasteiger partial charge < -0.3 is 10.8 Å². The Bertz CT molecular complexity index is 224. The Balaban J connectivity index is 0.00000324. The highest BCUT2D eigenvalue weighted by Gasteiger charge is 2.25. The Morgan fingerprint density at radius 3 is 1.63 bits per heavy atom. The van der Waals surface area contributed by atoms with Crippen molar-refractivity contribution in [1.29, 1.82) is 0 Å². The summed E-state index contributed by atoms with van der Waals surface area (Å²) >= 11 is 0. The molecule has 0 aromatic carbocycles. The molecule has 1 unspecified atom stereocenters. The lowest BCUT2D eigenvalue weighted by Gasteiger charge is -2.23. The monoisotopic (exact) mass is 291 g/mol. The maximum atomic E-state index is 11.2. The van der Waals surface area contributed by atoms with Gasteiger partial charge >= 0.3 is 5.97 Å². The lowest BCUT2D eigenvalue weighted by atomic mass is 9.83. The molecule has 1 aliphatic rings. The Labute approximate surface area is 123 Å². The van der Waals surface area contributed by atoms with E-state index in [9.17, 15) is 9.90 Å². The summed E-state index contributed by atoms with van der Waals surface area (Å²) in [7, 11) is 0. The number of hydrogen-bond acceptors (Lipinski definition) is 2. The van der Waals surface area contributed by atoms with Crippen LogP contribution in [0.3, 0.4) is 0 Å². The zero-order valence-electron chi connectivity index (χ0n) is 12.0. The first kappa shape index (κ1) is 18.7. The quantitative estimate of drug-likeness (QED) is 0.826. The van der Waals surface area contributed by atoms with E-state index in [1.165, 1.54) is 57.8 Å². The van der Waals surface area contributed by atoms with Gasteiger partial charge in [0.1, 0.15) is 0 Å². The minimum atomic E-state index is -0.699. The van der Waals surface area contributed by atoms with E-state index in [-0.39, 0.29) is 18.3 Å². The summed E-state index contributed by atoms with van der Waals surface area (Å²) in [6.07, 6.45) is 13.7. The molecule has 0 saturated heterocycles. The zero-order valence-corrected chi connectivity index (χ0v) is 12.8. The third-order valence-electron chi connectivity index (χ3n) is 4.29. The average Bonchev–Trinajstić information content (AvgIpc) is 2.32. The first-order valence-electron chi connectivity index (χ1n) is 7.68. The molecule has 3 nitrogen and oxygen atoms in total. The predicted molar refractivity (Wildman–Crippen MR) is 81.7 cm³/mol. The summed E-state index contributed by atoms with van der Waals surface area (Å²) < 4.78 is 0. The number of carboxylic acids is 1. The van der Waals surface area contributed by atoms with Crippen molar-refractivity contribution in [2.75, 3.05) is 6.54 Å². The van der Waals surface area contributed by atoms with Crippen LogP contribution in [0.2, 0.25) is 0 Å². The van der Waals surface area contributed by atoms with Gasteiger partial charge in [-0.25, -0.2) is 0 Å². The molecular formula is C15H30ClNO2. The molecular weight excluding hydrogens is 262 g/mol. The third-order valence-corrected chi connectivity index (χ3v) is 4.29. The predicted octanol–water partition coefficient (Wildman–Crippen LogP) is 3.99. The highest BCUT2D eigenvalue weighted by atomic mass is 35.5. The second-order valence-electron chi connectivity index (χ2n) is 5.70. The van der Waals surface area contributed by atoms with Crippen LogP contribution in [0, 0.1) is 11.8 Å². The number of carboxylic acid groups (broad SMARTS) is 1. The van der Waals surface area contributed by atoms with Gasteiger partial charge in [0.25, 0.3) is 0 Å². The molecule has 1 aliphatic carbocycles. The van der Waals surface area contributed by atoms with Gasteiger partial charge in [-0.3, -0.25) is 4.79 Å². The molecule has 114 valence electrons. The standard InChI is InChI=1S/C15H29NO2.ClH/c16-12-14(15(17)18)13-10-8-6-4-2-1-3-5-7-9-11-13;/h13-14H,1-12,16H2,(H,17,18);1H. The fourth-order valence-electron chi connectivity index (χ4n) is 3.09. The summed E-state index contributed by atoms with van der Waals surface area (Å²) in [4.78, 5) is 11.2. The van der Waals surface area contributed by atoms with Crippen molar-refractivity contribution in [3.8, 4) is 0 Å². The zero-order chi connectivity index (χ0) is 13.2. The minimum absolute atomic E-state index is 0. The Morgan fingerprint density at radius 1 is 0.947 bits per heavy atom. The van der Waals surface area contributed by atoms with Crippen molar-refractivity contribution in [1.82, 2.24) is 0 Å². The fourth-order valence-corrected chi connectivity index (χ4v) is 3.09. The highest BCUT2D eigenvalue weighted by Crippen LogP contribution is 2.26. The normalized spacial score (nSPS) is 21.5. The molecule has 0 aliphatic heterocycles. The summed E-state index contributed by atoms with van der Waals surface area (Å²) in [5.41, 5.74) is 5.64. The number of halogens is 1.